The van der Waals surface area contributed by atoms with Crippen molar-refractivity contribution in [2.75, 3.05) is 0 Å². The number of nitrogens with one attached hydrogen (secondary N) is 1. The zero-order valence-electron chi connectivity index (χ0n) is 14.9. The lowest BCUT2D eigenvalue weighted by molar-refractivity contribution is 1.33. The third kappa shape index (κ3) is 1.92. The summed E-state index contributed by atoms with van der Waals surface area (Å²) in [5.74, 6) is 0. The third-order valence-corrected chi connectivity index (χ3v) is 7.87. The van der Waals surface area contributed by atoms with Crippen LogP contribution in [0.2, 0.25) is 0 Å². The lowest BCUT2D eigenvalue weighted by Crippen LogP contribution is -2.08. The first-order valence-corrected chi connectivity index (χ1v) is 10.9. The molecule has 0 aliphatic carbocycles. The van der Waals surface area contributed by atoms with E-state index >= 15 is 0 Å². The van der Waals surface area contributed by atoms with Gasteiger partial charge in [0.1, 0.15) is 0 Å². The van der Waals surface area contributed by atoms with E-state index in [0.717, 1.165) is 52.5 Å². The number of aromatic amines is 1. The first-order valence-electron chi connectivity index (χ1n) is 9.34. The number of aromatic nitrogens is 1. The molecule has 2 aliphatic heterocycles. The molecule has 4 aromatic carbocycles. The van der Waals surface area contributed by atoms with Crippen LogP contribution < -0.4 is 10.7 Å². The number of halogens is 2. The minimum Gasteiger partial charge on any atom is -0.354 e. The molecule has 0 spiro atoms. The van der Waals surface area contributed by atoms with Crippen molar-refractivity contribution in [2.24, 2.45) is 9.98 Å². The van der Waals surface area contributed by atoms with Gasteiger partial charge in [-0.1, -0.05) is 42.5 Å². The summed E-state index contributed by atoms with van der Waals surface area (Å²) >= 11 is 7.35. The second-order valence-corrected chi connectivity index (χ2v) is 9.01. The number of nitrogens with zero attached hydrogens (tertiary/aromatic N) is 2. The molecule has 0 amide bonds. The summed E-state index contributed by atoms with van der Waals surface area (Å²) in [7, 11) is 0. The standard InChI is InChI=1S/C24H11Br2N3/c25-14-10-9-13-19-23-17(11-5-1-3-7-15(11)28-23)22-18(24(19)29-21(13)20(14)26)12-6-2-4-8-16(12)27-22/h1-10,27H. The Labute approximate surface area is 181 Å². The predicted molar refractivity (Wildman–Crippen MR) is 122 cm³/mol. The van der Waals surface area contributed by atoms with Gasteiger partial charge in [-0.3, -0.25) is 0 Å². The fourth-order valence-corrected chi connectivity index (χ4v) is 5.42. The molecule has 5 aromatic rings. The summed E-state index contributed by atoms with van der Waals surface area (Å²) in [6.07, 6.45) is 0. The fourth-order valence-electron chi connectivity index (χ4n) is 4.66. The van der Waals surface area contributed by atoms with Crippen molar-refractivity contribution in [1.82, 2.24) is 4.98 Å². The van der Waals surface area contributed by atoms with Gasteiger partial charge in [0.2, 0.25) is 0 Å². The molecule has 136 valence electrons. The lowest BCUT2D eigenvalue weighted by atomic mass is 9.99. The fraction of sp³-hybridized carbons (Fsp3) is 0. The molecule has 29 heavy (non-hydrogen) atoms. The van der Waals surface area contributed by atoms with Crippen LogP contribution in [0.4, 0.5) is 11.4 Å². The summed E-state index contributed by atoms with van der Waals surface area (Å²) in [5.41, 5.74) is 6.59. The summed E-state index contributed by atoms with van der Waals surface area (Å²) in [6.45, 7) is 0. The Kier molecular flexibility index (Phi) is 3.01. The summed E-state index contributed by atoms with van der Waals surface area (Å²) < 4.78 is 1.98. The van der Waals surface area contributed by atoms with E-state index in [-0.39, 0.29) is 0 Å². The summed E-state index contributed by atoms with van der Waals surface area (Å²) in [5, 5.41) is 6.57. The van der Waals surface area contributed by atoms with Gasteiger partial charge in [-0.15, -0.1) is 0 Å². The number of fused-ring (bicyclic) bond motifs is 11. The maximum atomic E-state index is 5.11. The SMILES string of the molecule is Brc1ccc2c(c1Br)=Nc1c=2c2c(c3[nH]c4ccccc4c13)-c1ccccc1N=2. The quantitative estimate of drug-likeness (QED) is 0.253. The predicted octanol–water partition coefficient (Wildman–Crippen LogP) is 6.33. The van der Waals surface area contributed by atoms with Crippen molar-refractivity contribution in [3.63, 3.8) is 0 Å². The van der Waals surface area contributed by atoms with Gasteiger partial charge in [0.05, 0.1) is 32.1 Å². The van der Waals surface area contributed by atoms with Gasteiger partial charge in [0.15, 0.2) is 0 Å². The van der Waals surface area contributed by atoms with Gasteiger partial charge in [0.25, 0.3) is 0 Å². The van der Waals surface area contributed by atoms with E-state index in [4.69, 9.17) is 9.98 Å². The molecule has 2 aliphatic rings. The van der Waals surface area contributed by atoms with Crippen LogP contribution in [0.1, 0.15) is 0 Å². The van der Waals surface area contributed by atoms with Gasteiger partial charge in [0, 0.05) is 42.3 Å². The van der Waals surface area contributed by atoms with Gasteiger partial charge in [-0.25, -0.2) is 9.98 Å². The average Bonchev–Trinajstić information content (AvgIpc) is 3.41. The molecule has 0 saturated heterocycles. The van der Waals surface area contributed by atoms with Gasteiger partial charge >= 0.3 is 0 Å². The molecule has 0 unspecified atom stereocenters. The first kappa shape index (κ1) is 16.1. The van der Waals surface area contributed by atoms with Gasteiger partial charge < -0.3 is 4.98 Å². The Morgan fingerprint density at radius 3 is 2.55 bits per heavy atom. The molecular weight excluding hydrogens is 490 g/mol. The monoisotopic (exact) mass is 499 g/mol. The molecule has 7 rings (SSSR count). The minimum atomic E-state index is 0.959. The Hall–Kier alpha value is -2.76. The van der Waals surface area contributed by atoms with E-state index < -0.39 is 0 Å². The lowest BCUT2D eigenvalue weighted by Gasteiger charge is -2.03. The first-order chi connectivity index (χ1) is 14.2. The molecule has 3 heterocycles. The van der Waals surface area contributed by atoms with Crippen LogP contribution >= 0.6 is 31.9 Å². The van der Waals surface area contributed by atoms with Crippen molar-refractivity contribution in [1.29, 1.82) is 0 Å². The molecule has 1 N–H and O–H groups in total. The molecule has 3 nitrogen and oxygen atoms in total. The second kappa shape index (κ2) is 5.43. The van der Waals surface area contributed by atoms with Crippen LogP contribution in [0.5, 0.6) is 0 Å². The van der Waals surface area contributed by atoms with Gasteiger partial charge in [-0.05, 0) is 50.1 Å². The van der Waals surface area contributed by atoms with Crippen molar-refractivity contribution in [3.05, 3.63) is 90.8 Å². The molecule has 0 fully saturated rings. The maximum absolute atomic E-state index is 5.11. The normalized spacial score (nSPS) is 13.0. The van der Waals surface area contributed by atoms with Crippen LogP contribution in [0.15, 0.2) is 79.6 Å². The second-order valence-electron chi connectivity index (χ2n) is 7.37. The Bertz CT molecular complexity index is 1780. The highest BCUT2D eigenvalue weighted by Gasteiger charge is 2.25. The van der Waals surface area contributed by atoms with Crippen molar-refractivity contribution >= 4 is 65.0 Å². The molecule has 1 aromatic heterocycles. The van der Waals surface area contributed by atoms with E-state index in [0.29, 0.717) is 0 Å². The summed E-state index contributed by atoms with van der Waals surface area (Å²) in [4.78, 5) is 13.8. The molecule has 0 radical (unpaired) electrons. The Balaban J connectivity index is 1.88. The Morgan fingerprint density at radius 1 is 0.793 bits per heavy atom. The minimum absolute atomic E-state index is 0.959. The summed E-state index contributed by atoms with van der Waals surface area (Å²) in [6, 6.07) is 21.0. The topological polar surface area (TPSA) is 40.5 Å². The third-order valence-electron chi connectivity index (χ3n) is 5.87. The number of para-hydroxylation sites is 2. The Morgan fingerprint density at radius 2 is 1.62 bits per heavy atom. The number of H-pyrrole nitrogens is 1. The number of rotatable bonds is 0. The van der Waals surface area contributed by atoms with Crippen LogP contribution in [0.3, 0.4) is 0 Å². The molecular formula is C24H11Br2N3. The molecule has 0 atom stereocenters. The largest absolute Gasteiger partial charge is 0.354 e. The van der Waals surface area contributed by atoms with Crippen LogP contribution in [0, 0.1) is 10.4 Å². The van der Waals surface area contributed by atoms with Crippen molar-refractivity contribution in [2.45, 2.75) is 0 Å². The zero-order valence-corrected chi connectivity index (χ0v) is 18.1. The highest BCUT2D eigenvalue weighted by atomic mass is 79.9. The van der Waals surface area contributed by atoms with E-state index in [1.807, 2.05) is 6.07 Å². The number of benzene rings is 4. The van der Waals surface area contributed by atoms with E-state index in [1.165, 1.54) is 21.9 Å². The highest BCUT2D eigenvalue weighted by molar-refractivity contribution is 9.13. The number of hydrogen-bond donors (Lipinski definition) is 1. The zero-order chi connectivity index (χ0) is 19.3. The average molecular weight is 501 g/mol. The van der Waals surface area contributed by atoms with Crippen molar-refractivity contribution in [3.8, 4) is 11.1 Å². The van der Waals surface area contributed by atoms with E-state index in [9.17, 15) is 0 Å². The highest BCUT2D eigenvalue weighted by Crippen LogP contribution is 2.43. The molecule has 0 saturated carbocycles. The maximum Gasteiger partial charge on any atom is 0.0870 e. The van der Waals surface area contributed by atoms with Crippen LogP contribution in [0.25, 0.3) is 32.9 Å². The van der Waals surface area contributed by atoms with Crippen LogP contribution in [-0.2, 0) is 0 Å². The number of hydrogen-bond acceptors (Lipinski definition) is 2. The van der Waals surface area contributed by atoms with Gasteiger partial charge in [-0.2, -0.15) is 0 Å². The van der Waals surface area contributed by atoms with E-state index in [2.05, 4.69) is 91.4 Å². The smallest absolute Gasteiger partial charge is 0.0870 e. The molecule has 5 heteroatoms. The van der Waals surface area contributed by atoms with E-state index in [1.54, 1.807) is 0 Å². The molecule has 0 bridgehead atoms. The van der Waals surface area contributed by atoms with Crippen molar-refractivity contribution < 1.29 is 0 Å². The van der Waals surface area contributed by atoms with Crippen LogP contribution in [-0.4, -0.2) is 4.98 Å².